The molecule has 7 heteroatoms. The van der Waals surface area contributed by atoms with E-state index in [9.17, 15) is 4.79 Å². The van der Waals surface area contributed by atoms with Crippen LogP contribution < -0.4 is 20.1 Å². The first kappa shape index (κ1) is 18.2. The summed E-state index contributed by atoms with van der Waals surface area (Å²) in [5.41, 5.74) is 1.85. The van der Waals surface area contributed by atoms with Crippen LogP contribution in [0.1, 0.15) is 11.1 Å². The van der Waals surface area contributed by atoms with Crippen LogP contribution in [0, 0.1) is 0 Å². The predicted molar refractivity (Wildman–Crippen MR) is 101 cm³/mol. The van der Waals surface area contributed by atoms with E-state index in [0.29, 0.717) is 30.5 Å². The highest BCUT2D eigenvalue weighted by atomic mass is 16.5. The van der Waals surface area contributed by atoms with Crippen molar-refractivity contribution in [1.29, 1.82) is 0 Å². The van der Waals surface area contributed by atoms with Crippen molar-refractivity contribution in [2.24, 2.45) is 0 Å². The molecule has 27 heavy (non-hydrogen) atoms. The van der Waals surface area contributed by atoms with Gasteiger partial charge in [-0.05, 0) is 35.4 Å². The zero-order chi connectivity index (χ0) is 18.9. The lowest BCUT2D eigenvalue weighted by molar-refractivity contribution is 0.240. The van der Waals surface area contributed by atoms with Crippen molar-refractivity contribution in [3.8, 4) is 17.4 Å². The minimum Gasteiger partial charge on any atom is -0.497 e. The number of carbonyl (C=O) groups is 1. The van der Waals surface area contributed by atoms with Crippen molar-refractivity contribution in [2.75, 3.05) is 7.11 Å². The molecule has 7 nitrogen and oxygen atoms in total. The third kappa shape index (κ3) is 5.71. The van der Waals surface area contributed by atoms with E-state index in [-0.39, 0.29) is 6.03 Å². The summed E-state index contributed by atoms with van der Waals surface area (Å²) in [7, 11) is 1.60. The lowest BCUT2D eigenvalue weighted by Gasteiger charge is -2.09. The van der Waals surface area contributed by atoms with Crippen molar-refractivity contribution in [2.45, 2.75) is 13.1 Å². The Balaban J connectivity index is 1.46. The summed E-state index contributed by atoms with van der Waals surface area (Å²) in [5.74, 6) is 1.82. The molecule has 0 aliphatic rings. The third-order valence-corrected chi connectivity index (χ3v) is 3.72. The number of urea groups is 1. The molecule has 0 fully saturated rings. The third-order valence-electron chi connectivity index (χ3n) is 3.72. The van der Waals surface area contributed by atoms with Gasteiger partial charge in [-0.25, -0.2) is 9.78 Å². The van der Waals surface area contributed by atoms with Gasteiger partial charge in [-0.2, -0.15) is 0 Å². The highest BCUT2D eigenvalue weighted by Gasteiger charge is 2.03. The topological polar surface area (TPSA) is 85.4 Å². The number of nitrogens with zero attached hydrogens (tertiary/aromatic N) is 2. The molecule has 3 aromatic rings. The van der Waals surface area contributed by atoms with Gasteiger partial charge in [0.1, 0.15) is 11.5 Å². The molecule has 2 aromatic heterocycles. The molecule has 138 valence electrons. The number of nitrogens with one attached hydrogen (secondary N) is 2. The van der Waals surface area contributed by atoms with Crippen LogP contribution in [0.25, 0.3) is 0 Å². The van der Waals surface area contributed by atoms with E-state index in [1.54, 1.807) is 37.8 Å². The van der Waals surface area contributed by atoms with E-state index in [1.807, 2.05) is 36.4 Å². The number of hydrogen-bond donors (Lipinski definition) is 2. The second kappa shape index (κ2) is 9.19. The van der Waals surface area contributed by atoms with E-state index in [2.05, 4.69) is 20.6 Å². The van der Waals surface area contributed by atoms with Crippen LogP contribution in [0.3, 0.4) is 0 Å². The van der Waals surface area contributed by atoms with Crippen LogP contribution >= 0.6 is 0 Å². The first-order valence-electron chi connectivity index (χ1n) is 8.40. The fourth-order valence-electron chi connectivity index (χ4n) is 2.29. The second-order valence-corrected chi connectivity index (χ2v) is 5.68. The molecule has 3 rings (SSSR count). The average molecular weight is 364 g/mol. The van der Waals surface area contributed by atoms with Crippen LogP contribution in [0.2, 0.25) is 0 Å². The minimum atomic E-state index is -0.247. The van der Waals surface area contributed by atoms with Crippen LogP contribution in [-0.2, 0) is 13.1 Å². The molecule has 0 bridgehead atoms. The van der Waals surface area contributed by atoms with Crippen LogP contribution in [0.4, 0.5) is 4.79 Å². The number of hydrogen-bond acceptors (Lipinski definition) is 5. The summed E-state index contributed by atoms with van der Waals surface area (Å²) < 4.78 is 10.9. The van der Waals surface area contributed by atoms with Crippen LogP contribution in [-0.4, -0.2) is 23.1 Å². The molecule has 0 spiro atoms. The molecule has 1 aromatic carbocycles. The molecule has 0 saturated carbocycles. The molecule has 2 N–H and O–H groups in total. The number of benzene rings is 1. The maximum atomic E-state index is 11.9. The molecule has 2 amide bonds. The van der Waals surface area contributed by atoms with Gasteiger partial charge in [-0.15, -0.1) is 0 Å². The van der Waals surface area contributed by atoms with Crippen molar-refractivity contribution in [1.82, 2.24) is 20.6 Å². The SMILES string of the molecule is COc1cccc(Oc2ccc(CNC(=O)NCc3ccncc3)cn2)c1. The largest absolute Gasteiger partial charge is 0.497 e. The number of aromatic nitrogens is 2. The van der Waals surface area contributed by atoms with E-state index in [4.69, 9.17) is 9.47 Å². The van der Waals surface area contributed by atoms with E-state index in [1.165, 1.54) is 0 Å². The Kier molecular flexibility index (Phi) is 6.19. The zero-order valence-electron chi connectivity index (χ0n) is 14.9. The standard InChI is InChI=1S/C20H20N4O3/c1-26-17-3-2-4-18(11-17)27-19-6-5-16(13-22-19)14-24-20(25)23-12-15-7-9-21-10-8-15/h2-11,13H,12,14H2,1H3,(H2,23,24,25). The Hall–Kier alpha value is -3.61. The second-order valence-electron chi connectivity index (χ2n) is 5.68. The first-order valence-corrected chi connectivity index (χ1v) is 8.40. The molecule has 2 heterocycles. The normalized spacial score (nSPS) is 10.1. The fourth-order valence-corrected chi connectivity index (χ4v) is 2.29. The monoisotopic (exact) mass is 364 g/mol. The molecule has 0 aliphatic heterocycles. The molecule has 0 saturated heterocycles. The summed E-state index contributed by atoms with van der Waals surface area (Å²) >= 11 is 0. The van der Waals surface area contributed by atoms with E-state index in [0.717, 1.165) is 11.1 Å². The Labute approximate surface area is 157 Å². The van der Waals surface area contributed by atoms with Crippen molar-refractivity contribution >= 4 is 6.03 Å². The van der Waals surface area contributed by atoms with Gasteiger partial charge in [0.05, 0.1) is 7.11 Å². The van der Waals surface area contributed by atoms with Crippen molar-refractivity contribution in [3.63, 3.8) is 0 Å². The number of carbonyl (C=O) groups excluding carboxylic acids is 1. The first-order chi connectivity index (χ1) is 13.2. The number of methoxy groups -OCH3 is 1. The highest BCUT2D eigenvalue weighted by molar-refractivity contribution is 5.73. The maximum Gasteiger partial charge on any atom is 0.315 e. The highest BCUT2D eigenvalue weighted by Crippen LogP contribution is 2.23. The number of ether oxygens (including phenoxy) is 2. The summed E-state index contributed by atoms with van der Waals surface area (Å²) in [4.78, 5) is 20.1. The van der Waals surface area contributed by atoms with Crippen molar-refractivity contribution in [3.05, 3.63) is 78.2 Å². The van der Waals surface area contributed by atoms with E-state index >= 15 is 0 Å². The minimum absolute atomic E-state index is 0.247. The van der Waals surface area contributed by atoms with Gasteiger partial charge in [0.25, 0.3) is 0 Å². The molecule has 0 radical (unpaired) electrons. The Morgan fingerprint density at radius 3 is 2.41 bits per heavy atom. The Bertz CT molecular complexity index is 870. The van der Waals surface area contributed by atoms with Gasteiger partial charge in [-0.3, -0.25) is 4.98 Å². The summed E-state index contributed by atoms with van der Waals surface area (Å²) in [6.45, 7) is 0.814. The molecular formula is C20H20N4O3. The Morgan fingerprint density at radius 1 is 0.963 bits per heavy atom. The molecular weight excluding hydrogens is 344 g/mol. The maximum absolute atomic E-state index is 11.9. The predicted octanol–water partition coefficient (Wildman–Crippen LogP) is 3.28. The van der Waals surface area contributed by atoms with Gasteiger partial charge >= 0.3 is 6.03 Å². The summed E-state index contributed by atoms with van der Waals surface area (Å²) in [6.07, 6.45) is 5.05. The zero-order valence-corrected chi connectivity index (χ0v) is 14.9. The lowest BCUT2D eigenvalue weighted by Crippen LogP contribution is -2.34. The number of rotatable bonds is 7. The quantitative estimate of drug-likeness (QED) is 0.672. The number of amides is 2. The summed E-state index contributed by atoms with van der Waals surface area (Å²) in [6, 6.07) is 14.4. The summed E-state index contributed by atoms with van der Waals surface area (Å²) in [5, 5.41) is 5.58. The molecule has 0 atom stereocenters. The fraction of sp³-hybridized carbons (Fsp3) is 0.150. The average Bonchev–Trinajstić information content (AvgIpc) is 2.72. The number of pyridine rings is 2. The molecule has 0 unspecified atom stereocenters. The Morgan fingerprint density at radius 2 is 1.70 bits per heavy atom. The van der Waals surface area contributed by atoms with Crippen LogP contribution in [0.15, 0.2) is 67.1 Å². The molecule has 0 aliphatic carbocycles. The lowest BCUT2D eigenvalue weighted by atomic mass is 10.3. The van der Waals surface area contributed by atoms with E-state index < -0.39 is 0 Å². The van der Waals surface area contributed by atoms with Gasteiger partial charge in [0, 0.05) is 43.8 Å². The van der Waals surface area contributed by atoms with Gasteiger partial charge in [0.15, 0.2) is 0 Å². The van der Waals surface area contributed by atoms with Crippen LogP contribution in [0.5, 0.6) is 17.4 Å². The van der Waals surface area contributed by atoms with Crippen molar-refractivity contribution < 1.29 is 14.3 Å². The van der Waals surface area contributed by atoms with Gasteiger partial charge < -0.3 is 20.1 Å². The van der Waals surface area contributed by atoms with Gasteiger partial charge in [0.2, 0.25) is 5.88 Å². The van der Waals surface area contributed by atoms with Gasteiger partial charge in [-0.1, -0.05) is 12.1 Å². The smallest absolute Gasteiger partial charge is 0.315 e.